The van der Waals surface area contributed by atoms with Gasteiger partial charge in [-0.15, -0.1) is 0 Å². The molecule has 0 aromatic heterocycles. The Hall–Kier alpha value is -2.04. The van der Waals surface area contributed by atoms with Crippen molar-refractivity contribution in [2.24, 2.45) is 11.5 Å². The van der Waals surface area contributed by atoms with Crippen LogP contribution in [0.2, 0.25) is 0 Å². The molecule has 0 unspecified atom stereocenters. The van der Waals surface area contributed by atoms with E-state index in [-0.39, 0.29) is 12.0 Å². The molecule has 1 aliphatic rings. The Morgan fingerprint density at radius 2 is 2.06 bits per heavy atom. The third kappa shape index (κ3) is 2.13. The van der Waals surface area contributed by atoms with E-state index < -0.39 is 12.0 Å². The Bertz CT molecular complexity index is 445. The summed E-state index contributed by atoms with van der Waals surface area (Å²) in [6.07, 6.45) is -0.190. The largest absolute Gasteiger partial charge is 0.446 e. The van der Waals surface area contributed by atoms with E-state index in [0.29, 0.717) is 5.56 Å². The molecule has 1 aromatic rings. The van der Waals surface area contributed by atoms with E-state index in [0.717, 1.165) is 12.0 Å². The van der Waals surface area contributed by atoms with Gasteiger partial charge in [0, 0.05) is 11.5 Å². The van der Waals surface area contributed by atoms with E-state index in [1.165, 1.54) is 0 Å². The van der Waals surface area contributed by atoms with E-state index in [4.69, 9.17) is 16.2 Å². The van der Waals surface area contributed by atoms with Gasteiger partial charge in [0.1, 0.15) is 6.10 Å². The van der Waals surface area contributed by atoms with Crippen molar-refractivity contribution in [2.75, 3.05) is 0 Å². The topological polar surface area (TPSA) is 95.4 Å². The van der Waals surface area contributed by atoms with E-state index in [1.54, 1.807) is 18.2 Å². The molecule has 1 fully saturated rings. The van der Waals surface area contributed by atoms with Crippen LogP contribution in [0.15, 0.2) is 24.3 Å². The van der Waals surface area contributed by atoms with Gasteiger partial charge in [0.2, 0.25) is 5.91 Å². The fourth-order valence-electron chi connectivity index (χ4n) is 1.72. The number of ether oxygens (including phenoxy) is 1. The molecule has 0 aliphatic heterocycles. The van der Waals surface area contributed by atoms with Crippen molar-refractivity contribution in [3.05, 3.63) is 35.4 Å². The Kier molecular flexibility index (Phi) is 2.52. The second-order valence-electron chi connectivity index (χ2n) is 3.81. The summed E-state index contributed by atoms with van der Waals surface area (Å²) in [5.41, 5.74) is 11.5. The van der Waals surface area contributed by atoms with Crippen molar-refractivity contribution in [2.45, 2.75) is 18.4 Å². The minimum Gasteiger partial charge on any atom is -0.446 e. The van der Waals surface area contributed by atoms with E-state index in [2.05, 4.69) is 0 Å². The summed E-state index contributed by atoms with van der Waals surface area (Å²) in [6, 6.07) is 7.01. The second kappa shape index (κ2) is 3.84. The lowest BCUT2D eigenvalue weighted by molar-refractivity contribution is 0.1000. The summed E-state index contributed by atoms with van der Waals surface area (Å²) in [5.74, 6) is -0.332. The molecule has 2 rings (SSSR count). The fraction of sp³-hybridized carbons (Fsp3) is 0.273. The summed E-state index contributed by atoms with van der Waals surface area (Å²) in [4.78, 5) is 21.5. The number of amides is 2. The first kappa shape index (κ1) is 10.5. The molecule has 0 bridgehead atoms. The maximum atomic E-state index is 11.0. The van der Waals surface area contributed by atoms with E-state index in [1.807, 2.05) is 6.07 Å². The zero-order chi connectivity index (χ0) is 11.7. The van der Waals surface area contributed by atoms with Crippen molar-refractivity contribution in [3.8, 4) is 0 Å². The molecule has 2 atom stereocenters. The van der Waals surface area contributed by atoms with Crippen LogP contribution in [0.1, 0.15) is 28.3 Å². The van der Waals surface area contributed by atoms with Crippen LogP contribution in [0, 0.1) is 0 Å². The van der Waals surface area contributed by atoms with Gasteiger partial charge in [0.25, 0.3) is 0 Å². The van der Waals surface area contributed by atoms with Crippen LogP contribution in [-0.4, -0.2) is 18.1 Å². The second-order valence-corrected chi connectivity index (χ2v) is 3.81. The highest BCUT2D eigenvalue weighted by Crippen LogP contribution is 2.43. The van der Waals surface area contributed by atoms with Gasteiger partial charge in [0.15, 0.2) is 0 Å². The highest BCUT2D eigenvalue weighted by molar-refractivity contribution is 5.92. The van der Waals surface area contributed by atoms with Crippen LogP contribution in [0.4, 0.5) is 4.79 Å². The van der Waals surface area contributed by atoms with Crippen molar-refractivity contribution < 1.29 is 14.3 Å². The summed E-state index contributed by atoms with van der Waals surface area (Å²) in [5, 5.41) is 0. The molecule has 5 heteroatoms. The molecule has 0 heterocycles. The van der Waals surface area contributed by atoms with Gasteiger partial charge in [-0.05, 0) is 24.1 Å². The smallest absolute Gasteiger partial charge is 0.404 e. The van der Waals surface area contributed by atoms with Crippen molar-refractivity contribution in [1.29, 1.82) is 0 Å². The van der Waals surface area contributed by atoms with Gasteiger partial charge in [-0.1, -0.05) is 12.1 Å². The predicted octanol–water partition coefficient (Wildman–Crippen LogP) is 0.737. The normalized spacial score (nSPS) is 22.5. The number of carbonyl (C=O) groups is 2. The maximum Gasteiger partial charge on any atom is 0.404 e. The van der Waals surface area contributed by atoms with Crippen LogP contribution >= 0.6 is 0 Å². The highest BCUT2D eigenvalue weighted by atomic mass is 16.6. The van der Waals surface area contributed by atoms with E-state index in [9.17, 15) is 9.59 Å². The number of benzene rings is 1. The molecule has 0 radical (unpaired) electrons. The zero-order valence-electron chi connectivity index (χ0n) is 8.55. The maximum absolute atomic E-state index is 11.0. The molecular weight excluding hydrogens is 208 g/mol. The minimum absolute atomic E-state index is 0.131. The van der Waals surface area contributed by atoms with Crippen LogP contribution in [0.25, 0.3) is 0 Å². The Balaban J connectivity index is 2.09. The molecule has 2 amide bonds. The van der Waals surface area contributed by atoms with E-state index >= 15 is 0 Å². The average Bonchev–Trinajstić information content (AvgIpc) is 2.96. The lowest BCUT2D eigenvalue weighted by Gasteiger charge is -2.02. The van der Waals surface area contributed by atoms with Crippen molar-refractivity contribution in [3.63, 3.8) is 0 Å². The van der Waals surface area contributed by atoms with Gasteiger partial charge in [-0.3, -0.25) is 4.79 Å². The highest BCUT2D eigenvalue weighted by Gasteiger charge is 2.41. The number of rotatable bonds is 3. The standard InChI is InChI=1S/C11H12N2O3/c12-10(14)7-3-1-2-6(4-7)8-5-9(8)16-11(13)15/h1-4,8-9H,5H2,(H2,12,14)(H2,13,15)/t8-,9+/m0/s1. The first-order valence-corrected chi connectivity index (χ1v) is 4.94. The molecule has 1 saturated carbocycles. The molecule has 1 aliphatic carbocycles. The summed E-state index contributed by atoms with van der Waals surface area (Å²) in [6.45, 7) is 0. The number of hydrogen-bond donors (Lipinski definition) is 2. The number of nitrogens with two attached hydrogens (primary N) is 2. The molecule has 4 N–H and O–H groups in total. The predicted molar refractivity (Wildman–Crippen MR) is 56.8 cm³/mol. The molecule has 0 spiro atoms. The van der Waals surface area contributed by atoms with Gasteiger partial charge in [0.05, 0.1) is 0 Å². The summed E-state index contributed by atoms with van der Waals surface area (Å²) >= 11 is 0. The quantitative estimate of drug-likeness (QED) is 0.786. The number of primary amides is 2. The Morgan fingerprint density at radius 1 is 1.31 bits per heavy atom. The molecule has 5 nitrogen and oxygen atoms in total. The molecule has 1 aromatic carbocycles. The molecule has 16 heavy (non-hydrogen) atoms. The summed E-state index contributed by atoms with van der Waals surface area (Å²) in [7, 11) is 0. The molecular formula is C11H12N2O3. The Morgan fingerprint density at radius 3 is 2.69 bits per heavy atom. The SMILES string of the molecule is NC(=O)O[C@@H]1C[C@H]1c1cccc(C(N)=O)c1. The van der Waals surface area contributed by atoms with Gasteiger partial charge in [-0.25, -0.2) is 4.79 Å². The van der Waals surface area contributed by atoms with Crippen LogP contribution in [0.3, 0.4) is 0 Å². The zero-order valence-corrected chi connectivity index (χ0v) is 8.55. The molecule has 84 valence electrons. The number of hydrogen-bond acceptors (Lipinski definition) is 3. The minimum atomic E-state index is -0.765. The van der Waals surface area contributed by atoms with Gasteiger partial charge in [-0.2, -0.15) is 0 Å². The van der Waals surface area contributed by atoms with Crippen LogP contribution < -0.4 is 11.5 Å². The summed E-state index contributed by atoms with van der Waals surface area (Å²) < 4.78 is 4.85. The van der Waals surface area contributed by atoms with Crippen molar-refractivity contribution in [1.82, 2.24) is 0 Å². The van der Waals surface area contributed by atoms with Crippen LogP contribution in [-0.2, 0) is 4.74 Å². The lowest BCUT2D eigenvalue weighted by atomic mass is 10.1. The average molecular weight is 220 g/mol. The van der Waals surface area contributed by atoms with Gasteiger partial charge < -0.3 is 16.2 Å². The lowest BCUT2D eigenvalue weighted by Crippen LogP contribution is -2.15. The van der Waals surface area contributed by atoms with Gasteiger partial charge >= 0.3 is 6.09 Å². The first-order chi connectivity index (χ1) is 7.58. The fourth-order valence-corrected chi connectivity index (χ4v) is 1.72. The first-order valence-electron chi connectivity index (χ1n) is 4.94. The third-order valence-corrected chi connectivity index (χ3v) is 2.60. The molecule has 0 saturated heterocycles. The van der Waals surface area contributed by atoms with Crippen molar-refractivity contribution >= 4 is 12.0 Å². The monoisotopic (exact) mass is 220 g/mol. The number of carbonyl (C=O) groups excluding carboxylic acids is 2. The third-order valence-electron chi connectivity index (χ3n) is 2.60. The Labute approximate surface area is 92.4 Å². The van der Waals surface area contributed by atoms with Crippen LogP contribution in [0.5, 0.6) is 0 Å².